The number of hydrogen-bond donors (Lipinski definition) is 3. The Morgan fingerprint density at radius 3 is 2.88 bits per heavy atom. The molecule has 4 N–H and O–H groups in total. The zero-order valence-corrected chi connectivity index (χ0v) is 9.91. The van der Waals surface area contributed by atoms with Crippen LogP contribution in [0.4, 0.5) is 10.1 Å². The second kappa shape index (κ2) is 6.73. The van der Waals surface area contributed by atoms with Crippen LogP contribution in [-0.2, 0) is 0 Å². The van der Waals surface area contributed by atoms with Crippen LogP contribution in [0.3, 0.4) is 0 Å². The van der Waals surface area contributed by atoms with Gasteiger partial charge in [-0.05, 0) is 37.5 Å². The molecule has 1 rings (SSSR count). The number of rotatable bonds is 6. The molecule has 0 heterocycles. The fraction of sp³-hybridized carbons (Fsp3) is 0.417. The molecule has 1 aromatic rings. The predicted octanol–water partition coefficient (Wildman–Crippen LogP) is 2.46. The highest BCUT2D eigenvalue weighted by atomic mass is 19.1. The largest absolute Gasteiger partial charge is 0.409 e. The highest BCUT2D eigenvalue weighted by molar-refractivity contribution is 5.79. The maximum Gasteiger partial charge on any atom is 0.146 e. The van der Waals surface area contributed by atoms with Gasteiger partial charge in [0, 0.05) is 13.0 Å². The Kier molecular flexibility index (Phi) is 5.26. The first-order chi connectivity index (χ1) is 8.13. The molecule has 94 valence electrons. The normalized spacial score (nSPS) is 11.5. The van der Waals surface area contributed by atoms with Crippen molar-refractivity contribution in [1.82, 2.24) is 0 Å². The van der Waals surface area contributed by atoms with Gasteiger partial charge in [-0.1, -0.05) is 11.2 Å². The van der Waals surface area contributed by atoms with Crippen LogP contribution in [0, 0.1) is 12.7 Å². The second-order valence-electron chi connectivity index (χ2n) is 3.96. The molecule has 0 aliphatic heterocycles. The minimum absolute atomic E-state index is 0.228. The molecule has 17 heavy (non-hydrogen) atoms. The Hall–Kier alpha value is -1.78. The van der Waals surface area contributed by atoms with Crippen molar-refractivity contribution < 1.29 is 9.60 Å². The molecule has 0 amide bonds. The molecular weight excluding hydrogens is 221 g/mol. The van der Waals surface area contributed by atoms with Crippen LogP contribution in [0.25, 0.3) is 0 Å². The number of benzene rings is 1. The van der Waals surface area contributed by atoms with Gasteiger partial charge >= 0.3 is 0 Å². The van der Waals surface area contributed by atoms with E-state index in [1.54, 1.807) is 6.07 Å². The number of amidine groups is 1. The summed E-state index contributed by atoms with van der Waals surface area (Å²) in [6, 6.07) is 5.09. The van der Waals surface area contributed by atoms with E-state index in [1.165, 1.54) is 6.07 Å². The lowest BCUT2D eigenvalue weighted by Gasteiger charge is -2.07. The molecule has 0 unspecified atom stereocenters. The molecule has 0 saturated carbocycles. The van der Waals surface area contributed by atoms with E-state index >= 15 is 0 Å². The summed E-state index contributed by atoms with van der Waals surface area (Å²) in [5.41, 5.74) is 6.74. The van der Waals surface area contributed by atoms with Crippen LogP contribution in [0.5, 0.6) is 0 Å². The molecule has 0 aromatic heterocycles. The molecule has 1 aromatic carbocycles. The summed E-state index contributed by atoms with van der Waals surface area (Å²) in [7, 11) is 0. The van der Waals surface area contributed by atoms with E-state index in [-0.39, 0.29) is 11.7 Å². The number of hydrogen-bond acceptors (Lipinski definition) is 3. The number of nitrogens with zero attached hydrogens (tertiary/aromatic N) is 1. The maximum atomic E-state index is 13.4. The number of aryl methyl sites for hydroxylation is 1. The summed E-state index contributed by atoms with van der Waals surface area (Å²) in [4.78, 5) is 0. The van der Waals surface area contributed by atoms with Gasteiger partial charge in [0.05, 0.1) is 5.69 Å². The van der Waals surface area contributed by atoms with E-state index < -0.39 is 0 Å². The number of oxime groups is 1. The van der Waals surface area contributed by atoms with Crippen molar-refractivity contribution in [2.75, 3.05) is 11.9 Å². The number of unbranched alkanes of at least 4 members (excludes halogenated alkanes) is 1. The summed E-state index contributed by atoms with van der Waals surface area (Å²) in [6.45, 7) is 2.52. The summed E-state index contributed by atoms with van der Waals surface area (Å²) in [5.74, 6) is -0.00653. The first-order valence-corrected chi connectivity index (χ1v) is 5.60. The van der Waals surface area contributed by atoms with Crippen LogP contribution >= 0.6 is 0 Å². The summed E-state index contributed by atoms with van der Waals surface area (Å²) in [6.07, 6.45) is 2.19. The third-order valence-corrected chi connectivity index (χ3v) is 2.43. The molecule has 0 spiro atoms. The lowest BCUT2D eigenvalue weighted by molar-refractivity contribution is 0.316. The number of halogens is 1. The Bertz CT molecular complexity index is 393. The Morgan fingerprint density at radius 1 is 1.47 bits per heavy atom. The number of anilines is 1. The maximum absolute atomic E-state index is 13.4. The monoisotopic (exact) mass is 239 g/mol. The van der Waals surface area contributed by atoms with E-state index in [0.717, 1.165) is 18.4 Å². The van der Waals surface area contributed by atoms with Crippen molar-refractivity contribution in [2.45, 2.75) is 26.2 Å². The van der Waals surface area contributed by atoms with Gasteiger partial charge in [0.2, 0.25) is 0 Å². The standard InChI is InChI=1S/C12H18FN3O/c1-9-5-6-11(10(13)8-9)15-7-3-2-4-12(14)16-17/h5-6,8,15,17H,2-4,7H2,1H3,(H2,14,16). The summed E-state index contributed by atoms with van der Waals surface area (Å²) < 4.78 is 13.4. The van der Waals surface area contributed by atoms with E-state index in [0.29, 0.717) is 18.7 Å². The van der Waals surface area contributed by atoms with Crippen molar-refractivity contribution >= 4 is 11.5 Å². The van der Waals surface area contributed by atoms with E-state index in [9.17, 15) is 4.39 Å². The molecule has 0 radical (unpaired) electrons. The van der Waals surface area contributed by atoms with Crippen LogP contribution in [-0.4, -0.2) is 17.6 Å². The Morgan fingerprint density at radius 2 is 2.24 bits per heavy atom. The topological polar surface area (TPSA) is 70.6 Å². The summed E-state index contributed by atoms with van der Waals surface area (Å²) >= 11 is 0. The third kappa shape index (κ3) is 4.72. The lowest BCUT2D eigenvalue weighted by atomic mass is 10.2. The third-order valence-electron chi connectivity index (χ3n) is 2.43. The van der Waals surface area contributed by atoms with Crippen LogP contribution in [0.2, 0.25) is 0 Å². The number of nitrogens with two attached hydrogens (primary N) is 1. The first kappa shape index (κ1) is 13.3. The zero-order valence-electron chi connectivity index (χ0n) is 9.91. The fourth-order valence-corrected chi connectivity index (χ4v) is 1.47. The number of nitrogens with one attached hydrogen (secondary N) is 1. The van der Waals surface area contributed by atoms with Gasteiger partial charge < -0.3 is 16.3 Å². The van der Waals surface area contributed by atoms with Crippen molar-refractivity contribution in [1.29, 1.82) is 0 Å². The lowest BCUT2D eigenvalue weighted by Crippen LogP contribution is -2.12. The SMILES string of the molecule is Cc1ccc(NCCCCC(N)=NO)c(F)c1. The van der Waals surface area contributed by atoms with Gasteiger partial charge in [0.15, 0.2) is 0 Å². The van der Waals surface area contributed by atoms with E-state index in [1.807, 2.05) is 13.0 Å². The highest BCUT2D eigenvalue weighted by Crippen LogP contribution is 2.15. The van der Waals surface area contributed by atoms with Crippen LogP contribution in [0.15, 0.2) is 23.4 Å². The second-order valence-corrected chi connectivity index (χ2v) is 3.96. The molecule has 0 atom stereocenters. The van der Waals surface area contributed by atoms with E-state index in [4.69, 9.17) is 10.9 Å². The minimum Gasteiger partial charge on any atom is -0.409 e. The van der Waals surface area contributed by atoms with Gasteiger partial charge in [0.1, 0.15) is 11.7 Å². The van der Waals surface area contributed by atoms with E-state index in [2.05, 4.69) is 10.5 Å². The smallest absolute Gasteiger partial charge is 0.146 e. The van der Waals surface area contributed by atoms with Gasteiger partial charge in [-0.3, -0.25) is 0 Å². The zero-order chi connectivity index (χ0) is 12.7. The Balaban J connectivity index is 2.27. The van der Waals surface area contributed by atoms with Crippen molar-refractivity contribution in [3.05, 3.63) is 29.6 Å². The van der Waals surface area contributed by atoms with Crippen LogP contribution in [0.1, 0.15) is 24.8 Å². The molecule has 4 nitrogen and oxygen atoms in total. The molecule has 0 aliphatic carbocycles. The summed E-state index contributed by atoms with van der Waals surface area (Å²) in [5, 5.41) is 14.2. The van der Waals surface area contributed by atoms with Gasteiger partial charge in [-0.15, -0.1) is 0 Å². The molecule has 0 aliphatic rings. The van der Waals surface area contributed by atoms with Crippen LogP contribution < -0.4 is 11.1 Å². The van der Waals surface area contributed by atoms with Gasteiger partial charge in [-0.2, -0.15) is 0 Å². The van der Waals surface area contributed by atoms with Gasteiger partial charge in [-0.25, -0.2) is 4.39 Å². The average Bonchev–Trinajstić information content (AvgIpc) is 2.30. The van der Waals surface area contributed by atoms with Gasteiger partial charge in [0.25, 0.3) is 0 Å². The Labute approximate surface area is 100 Å². The molecule has 5 heteroatoms. The minimum atomic E-state index is -0.235. The van der Waals surface area contributed by atoms with Crippen molar-refractivity contribution in [2.24, 2.45) is 10.9 Å². The predicted molar refractivity (Wildman–Crippen MR) is 66.9 cm³/mol. The first-order valence-electron chi connectivity index (χ1n) is 5.60. The molecule has 0 bridgehead atoms. The van der Waals surface area contributed by atoms with Crippen molar-refractivity contribution in [3.63, 3.8) is 0 Å². The average molecular weight is 239 g/mol. The molecule has 0 saturated heterocycles. The highest BCUT2D eigenvalue weighted by Gasteiger charge is 2.01. The quantitative estimate of drug-likeness (QED) is 0.235. The fourth-order valence-electron chi connectivity index (χ4n) is 1.47. The molecular formula is C12H18FN3O. The van der Waals surface area contributed by atoms with Crippen molar-refractivity contribution in [3.8, 4) is 0 Å². The molecule has 0 fully saturated rings.